The van der Waals surface area contributed by atoms with Gasteiger partial charge in [0.1, 0.15) is 16.7 Å². The molecule has 0 spiro atoms. The minimum atomic E-state index is -4.89. The second kappa shape index (κ2) is 6.45. The average Bonchev–Trinajstić information content (AvgIpc) is 2.16. The number of carboxylic acids is 1. The Morgan fingerprint density at radius 3 is 2.41 bits per heavy atom. The Balaban J connectivity index is 0.00000256. The number of benzene rings is 1. The summed E-state index contributed by atoms with van der Waals surface area (Å²) in [4.78, 5) is 13.6. The minimum absolute atomic E-state index is 0. The van der Waals surface area contributed by atoms with Gasteiger partial charge in [-0.05, 0) is 17.7 Å². The van der Waals surface area contributed by atoms with Gasteiger partial charge in [-0.2, -0.15) is 0 Å². The van der Waals surface area contributed by atoms with Gasteiger partial charge < -0.3 is 9.66 Å². The quantitative estimate of drug-likeness (QED) is 0.263. The molecule has 0 aliphatic rings. The Morgan fingerprint density at radius 2 is 2.00 bits per heavy atom. The second-order valence-corrected chi connectivity index (χ2v) is 4.21. The van der Waals surface area contributed by atoms with Crippen molar-refractivity contribution >= 4 is 16.1 Å². The van der Waals surface area contributed by atoms with Crippen LogP contribution >= 0.6 is 0 Å². The molecule has 0 fully saturated rings. The zero-order chi connectivity index (χ0) is 12.3. The number of rotatable bonds is 4. The summed E-state index contributed by atoms with van der Waals surface area (Å²) in [5.41, 5.74) is -0.446. The van der Waals surface area contributed by atoms with E-state index in [0.717, 1.165) is 12.1 Å². The Kier molecular flexibility index (Phi) is 6.27. The van der Waals surface area contributed by atoms with Gasteiger partial charge in [-0.3, -0.25) is 5.26 Å². The average molecular weight is 270 g/mol. The molecule has 0 heterocycles. The maximum Gasteiger partial charge on any atom is 1.00 e. The Labute approximate surface area is 119 Å². The molecule has 0 aromatic heterocycles. The first-order valence-electron chi connectivity index (χ1n) is 3.94. The molecule has 0 saturated heterocycles. The van der Waals surface area contributed by atoms with Gasteiger partial charge in [0.15, 0.2) is 0 Å². The van der Waals surface area contributed by atoms with E-state index >= 15 is 0 Å². The van der Waals surface area contributed by atoms with Gasteiger partial charge in [0.05, 0.1) is 10.5 Å². The number of hydrogen-bond acceptors (Lipinski definition) is 6. The van der Waals surface area contributed by atoms with Crippen LogP contribution in [-0.4, -0.2) is 29.3 Å². The molecule has 0 radical (unpaired) electrons. The fraction of sp³-hybridized carbons (Fsp3) is 0.125. The summed E-state index contributed by atoms with van der Waals surface area (Å²) < 4.78 is 32.4. The maximum absolute atomic E-state index is 10.8. The van der Waals surface area contributed by atoms with Crippen LogP contribution in [0.1, 0.15) is 15.9 Å². The van der Waals surface area contributed by atoms with Crippen LogP contribution in [0.25, 0.3) is 0 Å². The molecule has 88 valence electrons. The van der Waals surface area contributed by atoms with Crippen molar-refractivity contribution in [2.45, 2.75) is 11.5 Å². The van der Waals surface area contributed by atoms with E-state index in [0.29, 0.717) is 0 Å². The molecule has 0 amide bonds. The van der Waals surface area contributed by atoms with E-state index in [-0.39, 0.29) is 41.7 Å². The van der Waals surface area contributed by atoms with Crippen molar-refractivity contribution in [3.05, 3.63) is 29.3 Å². The van der Waals surface area contributed by atoms with Crippen LogP contribution in [0.15, 0.2) is 23.1 Å². The summed E-state index contributed by atoms with van der Waals surface area (Å²) in [6, 6.07) is 3.04. The van der Waals surface area contributed by atoms with Gasteiger partial charge >= 0.3 is 35.5 Å². The van der Waals surface area contributed by atoms with Crippen LogP contribution < -0.4 is 29.6 Å². The third-order valence-electron chi connectivity index (χ3n) is 1.78. The van der Waals surface area contributed by atoms with E-state index in [1.807, 2.05) is 0 Å². The summed E-state index contributed by atoms with van der Waals surface area (Å²) in [7, 11) is -4.89. The number of carbonyl (C=O) groups is 1. The van der Waals surface area contributed by atoms with Gasteiger partial charge in [-0.15, -0.1) is 0 Å². The zero-order valence-corrected chi connectivity index (χ0v) is 11.6. The maximum atomic E-state index is 10.8. The Bertz CT molecular complexity index is 511. The van der Waals surface area contributed by atoms with E-state index in [9.17, 15) is 17.8 Å². The SMILES string of the molecule is O=C(O)c1ccc(COO)cc1S(=O)(=O)[O-].[Na+]. The zero-order valence-electron chi connectivity index (χ0n) is 8.78. The van der Waals surface area contributed by atoms with Crippen molar-refractivity contribution in [3.63, 3.8) is 0 Å². The molecular weight excluding hydrogens is 263 g/mol. The van der Waals surface area contributed by atoms with Gasteiger partial charge in [0.2, 0.25) is 0 Å². The van der Waals surface area contributed by atoms with Crippen LogP contribution in [0.2, 0.25) is 0 Å². The molecule has 0 bridgehead atoms. The number of hydrogen-bond donors (Lipinski definition) is 2. The first-order chi connectivity index (χ1) is 7.36. The molecule has 7 nitrogen and oxygen atoms in total. The molecule has 0 saturated carbocycles. The molecule has 17 heavy (non-hydrogen) atoms. The van der Waals surface area contributed by atoms with Gasteiger partial charge in [-0.1, -0.05) is 6.07 Å². The van der Waals surface area contributed by atoms with Crippen molar-refractivity contribution in [2.24, 2.45) is 0 Å². The topological polar surface area (TPSA) is 124 Å². The van der Waals surface area contributed by atoms with E-state index in [4.69, 9.17) is 10.4 Å². The molecule has 0 aliphatic heterocycles. The third kappa shape index (κ3) is 4.36. The molecule has 1 rings (SSSR count). The molecule has 2 N–H and O–H groups in total. The number of aromatic carboxylic acids is 1. The second-order valence-electron chi connectivity index (χ2n) is 2.86. The van der Waals surface area contributed by atoms with Crippen LogP contribution in [-0.2, 0) is 21.6 Å². The summed E-state index contributed by atoms with van der Waals surface area (Å²) in [6.45, 7) is -0.345. The third-order valence-corrected chi connectivity index (χ3v) is 2.65. The van der Waals surface area contributed by atoms with Crippen LogP contribution in [0.4, 0.5) is 0 Å². The fourth-order valence-corrected chi connectivity index (χ4v) is 1.83. The van der Waals surface area contributed by atoms with Crippen molar-refractivity contribution < 1.29 is 62.6 Å². The predicted octanol–water partition coefficient (Wildman–Crippen LogP) is -2.72. The van der Waals surface area contributed by atoms with Crippen LogP contribution in [0, 0.1) is 0 Å². The van der Waals surface area contributed by atoms with Crippen molar-refractivity contribution in [3.8, 4) is 0 Å². The smallest absolute Gasteiger partial charge is 0.744 e. The van der Waals surface area contributed by atoms with E-state index in [2.05, 4.69) is 4.89 Å². The molecular formula is C8H7NaO7S. The first-order valence-corrected chi connectivity index (χ1v) is 5.35. The molecule has 1 aromatic rings. The normalized spacial score (nSPS) is 10.7. The van der Waals surface area contributed by atoms with Gasteiger partial charge in [0.25, 0.3) is 0 Å². The summed E-state index contributed by atoms with van der Waals surface area (Å²) >= 11 is 0. The van der Waals surface area contributed by atoms with E-state index < -0.39 is 26.5 Å². The van der Waals surface area contributed by atoms with Crippen LogP contribution in [0.3, 0.4) is 0 Å². The molecule has 0 aliphatic carbocycles. The summed E-state index contributed by atoms with van der Waals surface area (Å²) in [5, 5.41) is 16.8. The van der Waals surface area contributed by atoms with Gasteiger partial charge in [-0.25, -0.2) is 18.1 Å². The first kappa shape index (κ1) is 16.5. The monoisotopic (exact) mass is 270 g/mol. The summed E-state index contributed by atoms with van der Waals surface area (Å²) in [5.74, 6) is -1.52. The molecule has 1 aromatic carbocycles. The molecule has 9 heteroatoms. The van der Waals surface area contributed by atoms with Crippen LogP contribution in [0.5, 0.6) is 0 Å². The largest absolute Gasteiger partial charge is 1.00 e. The van der Waals surface area contributed by atoms with E-state index in [1.54, 1.807) is 0 Å². The predicted molar refractivity (Wildman–Crippen MR) is 48.8 cm³/mol. The minimum Gasteiger partial charge on any atom is -0.744 e. The molecule has 0 unspecified atom stereocenters. The molecule has 0 atom stereocenters. The standard InChI is InChI=1S/C8H8O7S.Na/c9-8(10)6-2-1-5(4-15-11)3-7(6)16(12,13)14;/h1-3,11H,4H2,(H,9,10)(H,12,13,14);/q;+1/p-1. The van der Waals surface area contributed by atoms with Crippen molar-refractivity contribution in [1.29, 1.82) is 0 Å². The Hall–Kier alpha value is -0.480. The number of carboxylic acid groups (broad SMARTS) is 1. The van der Waals surface area contributed by atoms with Crippen molar-refractivity contribution in [2.75, 3.05) is 0 Å². The fourth-order valence-electron chi connectivity index (χ4n) is 1.11. The van der Waals surface area contributed by atoms with E-state index in [1.165, 1.54) is 6.07 Å². The Morgan fingerprint density at radius 1 is 1.41 bits per heavy atom. The summed E-state index contributed by atoms with van der Waals surface area (Å²) in [6.07, 6.45) is 0. The van der Waals surface area contributed by atoms with Crippen molar-refractivity contribution in [1.82, 2.24) is 0 Å². The van der Waals surface area contributed by atoms with Gasteiger partial charge in [0, 0.05) is 0 Å².